The largest absolute Gasteiger partial charge is 0.368 e. The van der Waals surface area contributed by atoms with Gasteiger partial charge < -0.3 is 17.2 Å². The van der Waals surface area contributed by atoms with Crippen molar-refractivity contribution in [3.63, 3.8) is 0 Å². The van der Waals surface area contributed by atoms with E-state index in [0.717, 1.165) is 0 Å². The predicted molar refractivity (Wildman–Crippen MR) is 33.6 cm³/mol. The van der Waals surface area contributed by atoms with E-state index in [1.807, 2.05) is 0 Å². The van der Waals surface area contributed by atoms with Gasteiger partial charge in [-0.3, -0.25) is 9.59 Å². The minimum atomic E-state index is -1.35. The average Bonchev–Trinajstić information content (AvgIpc) is 1.64. The van der Waals surface area contributed by atoms with E-state index in [0.29, 0.717) is 0 Å². The molecule has 0 aliphatic carbocycles. The highest BCUT2D eigenvalue weighted by Gasteiger charge is 2.14. The summed E-state index contributed by atoms with van der Waals surface area (Å²) in [6.07, 6.45) is 0. The lowest BCUT2D eigenvalue weighted by molar-refractivity contribution is -0.127. The van der Waals surface area contributed by atoms with E-state index in [2.05, 4.69) is 11.5 Å². The number of nitrogens with two attached hydrogens (primary N) is 3. The van der Waals surface area contributed by atoms with Crippen LogP contribution in [0.3, 0.4) is 0 Å². The lowest BCUT2D eigenvalue weighted by Crippen LogP contribution is -2.46. The van der Waals surface area contributed by atoms with Crippen LogP contribution in [0.25, 0.3) is 0 Å². The molecule has 0 aromatic rings. The molecule has 0 atom stereocenters. The van der Waals surface area contributed by atoms with Crippen molar-refractivity contribution in [1.29, 1.82) is 0 Å². The summed E-state index contributed by atoms with van der Waals surface area (Å²) >= 11 is 0. The van der Waals surface area contributed by atoms with Crippen LogP contribution in [0.1, 0.15) is 0 Å². The summed E-state index contributed by atoms with van der Waals surface area (Å²) in [5.41, 5.74) is 14.0. The third-order valence-electron chi connectivity index (χ3n) is 0.613. The van der Waals surface area contributed by atoms with Crippen LogP contribution < -0.4 is 17.2 Å². The Labute approximate surface area is 58.0 Å². The SMILES string of the molecule is Cl.[15NH2]C(=O)C([15NH2])C([15NH2])=O. The number of carbonyl (C=O) groups excluding carboxylic acids is 2. The molecule has 0 rings (SSSR count). The second-order valence-electron chi connectivity index (χ2n) is 1.28. The van der Waals surface area contributed by atoms with Crippen LogP contribution in [0.2, 0.25) is 0 Å². The van der Waals surface area contributed by atoms with Crippen molar-refractivity contribution < 1.29 is 9.59 Å². The van der Waals surface area contributed by atoms with E-state index < -0.39 is 17.9 Å². The molecule has 2 amide bonds. The van der Waals surface area contributed by atoms with Gasteiger partial charge in [-0.25, -0.2) is 0 Å². The van der Waals surface area contributed by atoms with Crippen LogP contribution in [0.5, 0.6) is 0 Å². The lowest BCUT2D eigenvalue weighted by Gasteiger charge is -1.97. The number of carbonyl (C=O) groups is 2. The van der Waals surface area contributed by atoms with Gasteiger partial charge in [-0.2, -0.15) is 0 Å². The van der Waals surface area contributed by atoms with Gasteiger partial charge in [0.15, 0.2) is 6.04 Å². The standard InChI is InChI=1S/C3H7N3O2.ClH/c4-1(2(5)7)3(6)8;/h1H,4H2,(H2,5,7)(H2,6,8);1H/i4+1,5+1,6+1;. The topological polar surface area (TPSA) is 112 Å². The van der Waals surface area contributed by atoms with Crippen LogP contribution in [-0.4, -0.2) is 17.9 Å². The molecule has 6 N–H and O–H groups in total. The third-order valence-corrected chi connectivity index (χ3v) is 0.613. The van der Waals surface area contributed by atoms with Gasteiger partial charge >= 0.3 is 0 Å². The molecule has 0 aliphatic heterocycles. The van der Waals surface area contributed by atoms with Crippen molar-refractivity contribution in [1.82, 2.24) is 0 Å². The molecule has 0 aliphatic rings. The average molecular weight is 157 g/mol. The van der Waals surface area contributed by atoms with E-state index >= 15 is 0 Å². The van der Waals surface area contributed by atoms with Crippen LogP contribution in [-0.2, 0) is 9.59 Å². The van der Waals surface area contributed by atoms with E-state index in [1.165, 1.54) is 0 Å². The lowest BCUT2D eigenvalue weighted by atomic mass is 10.3. The second kappa shape index (κ2) is 4.11. The highest BCUT2D eigenvalue weighted by molar-refractivity contribution is 6.02. The minimum Gasteiger partial charge on any atom is -0.368 e. The zero-order valence-corrected chi connectivity index (χ0v) is 5.35. The number of primary amides is 2. The van der Waals surface area contributed by atoms with E-state index in [4.69, 9.17) is 5.73 Å². The van der Waals surface area contributed by atoms with Crippen molar-refractivity contribution in [2.45, 2.75) is 6.04 Å². The van der Waals surface area contributed by atoms with Gasteiger partial charge in [0.1, 0.15) is 0 Å². The van der Waals surface area contributed by atoms with Crippen LogP contribution in [0, 0.1) is 0 Å². The summed E-state index contributed by atoms with van der Waals surface area (Å²) < 4.78 is 0. The first-order chi connectivity index (χ1) is 3.55. The fourth-order valence-corrected chi connectivity index (χ4v) is 0.140. The van der Waals surface area contributed by atoms with Gasteiger partial charge in [-0.05, 0) is 0 Å². The smallest absolute Gasteiger partial charge is 0.244 e. The van der Waals surface area contributed by atoms with Gasteiger partial charge in [0, 0.05) is 0 Å². The zero-order valence-electron chi connectivity index (χ0n) is 4.53. The Morgan fingerprint density at radius 1 is 1.11 bits per heavy atom. The van der Waals surface area contributed by atoms with Crippen LogP contribution in [0.15, 0.2) is 0 Å². The molecule has 9 heavy (non-hydrogen) atoms. The van der Waals surface area contributed by atoms with Gasteiger partial charge in [0.2, 0.25) is 11.8 Å². The maximum atomic E-state index is 9.94. The van der Waals surface area contributed by atoms with E-state index in [9.17, 15) is 9.59 Å². The fraction of sp³-hybridized carbons (Fsp3) is 0.333. The Balaban J connectivity index is 0. The van der Waals surface area contributed by atoms with Crippen LogP contribution >= 0.6 is 12.4 Å². The summed E-state index contributed by atoms with van der Waals surface area (Å²) in [6, 6.07) is -1.35. The first-order valence-corrected chi connectivity index (χ1v) is 1.90. The molecule has 0 aromatic carbocycles. The Morgan fingerprint density at radius 2 is 1.33 bits per heavy atom. The summed E-state index contributed by atoms with van der Waals surface area (Å²) in [6.45, 7) is 0. The molecular formula is C3H8ClN3O2. The molecule has 0 bridgehead atoms. The van der Waals surface area contributed by atoms with E-state index in [-0.39, 0.29) is 12.4 Å². The molecular weight excluding hydrogens is 148 g/mol. The minimum absolute atomic E-state index is 0. The number of hydrogen-bond donors (Lipinski definition) is 3. The molecule has 5 nitrogen and oxygen atoms in total. The molecule has 0 heterocycles. The van der Waals surface area contributed by atoms with Gasteiger partial charge in [0.05, 0.1) is 0 Å². The molecule has 0 saturated heterocycles. The second-order valence-corrected chi connectivity index (χ2v) is 1.28. The molecule has 0 aromatic heterocycles. The molecule has 54 valence electrons. The van der Waals surface area contributed by atoms with Crippen molar-refractivity contribution in [2.75, 3.05) is 0 Å². The molecule has 0 radical (unpaired) electrons. The molecule has 6 heteroatoms. The maximum Gasteiger partial charge on any atom is 0.244 e. The van der Waals surface area contributed by atoms with Crippen LogP contribution in [0.4, 0.5) is 0 Å². The Kier molecular flexibility index (Phi) is 5.04. The number of amides is 2. The van der Waals surface area contributed by atoms with Gasteiger partial charge in [0.25, 0.3) is 0 Å². The summed E-state index contributed by atoms with van der Waals surface area (Å²) in [7, 11) is 0. The fourth-order valence-electron chi connectivity index (χ4n) is 0.140. The van der Waals surface area contributed by atoms with Gasteiger partial charge in [-0.15, -0.1) is 12.4 Å². The molecule has 0 saturated carbocycles. The quantitative estimate of drug-likeness (QED) is 0.309. The number of halogens is 1. The number of rotatable bonds is 2. The van der Waals surface area contributed by atoms with Crippen molar-refractivity contribution in [2.24, 2.45) is 17.2 Å². The van der Waals surface area contributed by atoms with Crippen molar-refractivity contribution in [3.8, 4) is 0 Å². The zero-order chi connectivity index (χ0) is 6.73. The maximum absolute atomic E-state index is 9.94. The highest BCUT2D eigenvalue weighted by atomic mass is 35.5. The first kappa shape index (κ1) is 11.0. The molecule has 0 spiro atoms. The van der Waals surface area contributed by atoms with Crippen molar-refractivity contribution in [3.05, 3.63) is 0 Å². The van der Waals surface area contributed by atoms with Gasteiger partial charge in [-0.1, -0.05) is 0 Å². The Hall–Kier alpha value is -0.810. The van der Waals surface area contributed by atoms with Crippen molar-refractivity contribution >= 4 is 24.2 Å². The first-order valence-electron chi connectivity index (χ1n) is 1.90. The summed E-state index contributed by atoms with van der Waals surface area (Å²) in [5, 5.41) is 0. The normalized spacial score (nSPS) is 8.22. The summed E-state index contributed by atoms with van der Waals surface area (Å²) in [4.78, 5) is 19.9. The molecule has 0 unspecified atom stereocenters. The monoisotopic (exact) mass is 156 g/mol. The number of hydrogen-bond acceptors (Lipinski definition) is 3. The highest BCUT2D eigenvalue weighted by Crippen LogP contribution is 1.69. The Morgan fingerprint density at radius 3 is 1.33 bits per heavy atom. The summed E-state index contributed by atoms with van der Waals surface area (Å²) in [5.74, 6) is -1.81. The molecule has 0 fully saturated rings. The predicted octanol–water partition coefficient (Wildman–Crippen LogP) is -2.29. The Bertz CT molecular complexity index is 112. The van der Waals surface area contributed by atoms with E-state index in [1.54, 1.807) is 0 Å². The third kappa shape index (κ3) is 3.75.